The molecular formula is C14H22FNO. The molecule has 17 heavy (non-hydrogen) atoms. The van der Waals surface area contributed by atoms with Gasteiger partial charge in [0.25, 0.3) is 0 Å². The molecule has 1 atom stereocenters. The van der Waals surface area contributed by atoms with E-state index in [0.717, 1.165) is 30.6 Å². The first-order valence-corrected chi connectivity index (χ1v) is 6.35. The summed E-state index contributed by atoms with van der Waals surface area (Å²) in [6, 6.07) is 4.76. The summed E-state index contributed by atoms with van der Waals surface area (Å²) in [7, 11) is 0. The molecule has 3 heteroatoms. The van der Waals surface area contributed by atoms with E-state index < -0.39 is 0 Å². The van der Waals surface area contributed by atoms with Gasteiger partial charge < -0.3 is 10.5 Å². The third kappa shape index (κ3) is 4.00. The molecule has 0 aliphatic heterocycles. The van der Waals surface area contributed by atoms with Crippen LogP contribution >= 0.6 is 0 Å². The summed E-state index contributed by atoms with van der Waals surface area (Å²) in [5.41, 5.74) is 6.51. The summed E-state index contributed by atoms with van der Waals surface area (Å²) in [6.45, 7) is 5.33. The van der Waals surface area contributed by atoms with E-state index in [2.05, 4.69) is 6.92 Å². The third-order valence-electron chi connectivity index (χ3n) is 2.96. The third-order valence-corrected chi connectivity index (χ3v) is 2.96. The van der Waals surface area contributed by atoms with Gasteiger partial charge in [-0.25, -0.2) is 4.39 Å². The molecule has 96 valence electrons. The SMILES string of the molecule is CCOc1ccc(F)cc1C(CC)CCCN. The highest BCUT2D eigenvalue weighted by Gasteiger charge is 2.15. The Bertz CT molecular complexity index is 341. The lowest BCUT2D eigenvalue weighted by Crippen LogP contribution is -2.06. The van der Waals surface area contributed by atoms with Crippen LogP contribution in [0.4, 0.5) is 4.39 Å². The summed E-state index contributed by atoms with van der Waals surface area (Å²) < 4.78 is 18.9. The molecule has 0 saturated heterocycles. The quantitative estimate of drug-likeness (QED) is 0.791. The maximum Gasteiger partial charge on any atom is 0.123 e. The summed E-state index contributed by atoms with van der Waals surface area (Å²) in [4.78, 5) is 0. The van der Waals surface area contributed by atoms with Crippen molar-refractivity contribution in [3.05, 3.63) is 29.6 Å². The molecule has 0 spiro atoms. The van der Waals surface area contributed by atoms with Gasteiger partial charge in [0.15, 0.2) is 0 Å². The molecule has 0 amide bonds. The minimum Gasteiger partial charge on any atom is -0.494 e. The molecule has 2 nitrogen and oxygen atoms in total. The number of benzene rings is 1. The van der Waals surface area contributed by atoms with E-state index in [1.54, 1.807) is 12.1 Å². The second kappa shape index (κ2) is 7.28. The molecule has 0 bridgehead atoms. The monoisotopic (exact) mass is 239 g/mol. The molecule has 0 radical (unpaired) electrons. The highest BCUT2D eigenvalue weighted by atomic mass is 19.1. The van der Waals surface area contributed by atoms with E-state index >= 15 is 0 Å². The molecule has 1 aromatic carbocycles. The topological polar surface area (TPSA) is 35.2 Å². The van der Waals surface area contributed by atoms with E-state index in [1.807, 2.05) is 6.92 Å². The molecule has 1 unspecified atom stereocenters. The Labute approximate surface area is 103 Å². The predicted octanol–water partition coefficient (Wildman–Crippen LogP) is 3.46. The van der Waals surface area contributed by atoms with Crippen molar-refractivity contribution in [2.75, 3.05) is 13.2 Å². The smallest absolute Gasteiger partial charge is 0.123 e. The lowest BCUT2D eigenvalue weighted by molar-refractivity contribution is 0.331. The molecule has 0 saturated carbocycles. The molecular weight excluding hydrogens is 217 g/mol. The molecule has 0 fully saturated rings. The van der Waals surface area contributed by atoms with Crippen LogP contribution in [-0.2, 0) is 0 Å². The summed E-state index contributed by atoms with van der Waals surface area (Å²) in [6.07, 6.45) is 2.92. The van der Waals surface area contributed by atoms with Gasteiger partial charge in [0.05, 0.1) is 6.61 Å². The van der Waals surface area contributed by atoms with Crippen molar-refractivity contribution in [2.24, 2.45) is 5.73 Å². The van der Waals surface area contributed by atoms with Crippen LogP contribution in [0.15, 0.2) is 18.2 Å². The van der Waals surface area contributed by atoms with Crippen molar-refractivity contribution < 1.29 is 9.13 Å². The van der Waals surface area contributed by atoms with E-state index in [1.165, 1.54) is 6.07 Å². The first-order valence-electron chi connectivity index (χ1n) is 6.35. The maximum absolute atomic E-state index is 13.3. The highest BCUT2D eigenvalue weighted by Crippen LogP contribution is 2.32. The van der Waals surface area contributed by atoms with Gasteiger partial charge in [-0.1, -0.05) is 6.92 Å². The molecule has 0 aliphatic rings. The zero-order valence-corrected chi connectivity index (χ0v) is 10.7. The van der Waals surface area contributed by atoms with E-state index in [4.69, 9.17) is 10.5 Å². The Morgan fingerprint density at radius 3 is 2.71 bits per heavy atom. The van der Waals surface area contributed by atoms with Gasteiger partial charge in [0.1, 0.15) is 11.6 Å². The fourth-order valence-electron chi connectivity index (χ4n) is 2.07. The maximum atomic E-state index is 13.3. The Morgan fingerprint density at radius 2 is 2.12 bits per heavy atom. The molecule has 1 rings (SSSR count). The Hall–Kier alpha value is -1.09. The van der Waals surface area contributed by atoms with Gasteiger partial charge in [-0.3, -0.25) is 0 Å². The van der Waals surface area contributed by atoms with Gasteiger partial charge in [0, 0.05) is 5.56 Å². The van der Waals surface area contributed by atoms with E-state index in [-0.39, 0.29) is 5.82 Å². The molecule has 0 heterocycles. The Balaban J connectivity index is 2.93. The number of halogens is 1. The van der Waals surface area contributed by atoms with Crippen LogP contribution in [0, 0.1) is 5.82 Å². The van der Waals surface area contributed by atoms with Crippen LogP contribution < -0.4 is 10.5 Å². The zero-order chi connectivity index (χ0) is 12.7. The minimum atomic E-state index is -0.199. The van der Waals surface area contributed by atoms with Crippen LogP contribution in [0.5, 0.6) is 5.75 Å². The van der Waals surface area contributed by atoms with Gasteiger partial charge in [0.2, 0.25) is 0 Å². The zero-order valence-electron chi connectivity index (χ0n) is 10.7. The largest absolute Gasteiger partial charge is 0.494 e. The normalized spacial score (nSPS) is 12.5. The number of rotatable bonds is 7. The van der Waals surface area contributed by atoms with Gasteiger partial charge in [-0.2, -0.15) is 0 Å². The number of hydrogen-bond donors (Lipinski definition) is 1. The average Bonchev–Trinajstić information content (AvgIpc) is 2.33. The van der Waals surface area contributed by atoms with Crippen molar-refractivity contribution in [1.82, 2.24) is 0 Å². The molecule has 0 aliphatic carbocycles. The van der Waals surface area contributed by atoms with Crippen molar-refractivity contribution in [3.63, 3.8) is 0 Å². The lowest BCUT2D eigenvalue weighted by Gasteiger charge is -2.19. The van der Waals surface area contributed by atoms with Crippen LogP contribution in [-0.4, -0.2) is 13.2 Å². The summed E-state index contributed by atoms with van der Waals surface area (Å²) in [5, 5.41) is 0. The Morgan fingerprint density at radius 1 is 1.35 bits per heavy atom. The average molecular weight is 239 g/mol. The van der Waals surface area contributed by atoms with Crippen LogP contribution in [0.1, 0.15) is 44.6 Å². The predicted molar refractivity (Wildman–Crippen MR) is 68.9 cm³/mol. The second-order valence-electron chi connectivity index (χ2n) is 4.15. The van der Waals surface area contributed by atoms with Crippen molar-refractivity contribution in [2.45, 2.75) is 39.0 Å². The molecule has 2 N–H and O–H groups in total. The number of ether oxygens (including phenoxy) is 1. The van der Waals surface area contributed by atoms with Crippen LogP contribution in [0.25, 0.3) is 0 Å². The first-order chi connectivity index (χ1) is 8.22. The Kier molecular flexibility index (Phi) is 5.98. The van der Waals surface area contributed by atoms with E-state index in [9.17, 15) is 4.39 Å². The van der Waals surface area contributed by atoms with Crippen molar-refractivity contribution >= 4 is 0 Å². The first kappa shape index (κ1) is 14.0. The fraction of sp³-hybridized carbons (Fsp3) is 0.571. The minimum absolute atomic E-state index is 0.199. The van der Waals surface area contributed by atoms with Crippen LogP contribution in [0.2, 0.25) is 0 Å². The lowest BCUT2D eigenvalue weighted by atomic mass is 9.91. The molecule has 0 aromatic heterocycles. The van der Waals surface area contributed by atoms with Crippen molar-refractivity contribution in [3.8, 4) is 5.75 Å². The summed E-state index contributed by atoms with van der Waals surface area (Å²) >= 11 is 0. The standard InChI is InChI=1S/C14H22FNO/c1-3-11(6-5-9-16)13-10-12(15)7-8-14(13)17-4-2/h7-8,10-11H,3-6,9,16H2,1-2H3. The highest BCUT2D eigenvalue weighted by molar-refractivity contribution is 5.36. The fourth-order valence-corrected chi connectivity index (χ4v) is 2.07. The number of hydrogen-bond acceptors (Lipinski definition) is 2. The van der Waals surface area contributed by atoms with E-state index in [0.29, 0.717) is 19.1 Å². The van der Waals surface area contributed by atoms with Crippen LogP contribution in [0.3, 0.4) is 0 Å². The van der Waals surface area contributed by atoms with Gasteiger partial charge >= 0.3 is 0 Å². The van der Waals surface area contributed by atoms with Gasteiger partial charge in [-0.05, 0) is 56.8 Å². The number of nitrogens with two attached hydrogens (primary N) is 1. The van der Waals surface area contributed by atoms with Crippen molar-refractivity contribution in [1.29, 1.82) is 0 Å². The second-order valence-corrected chi connectivity index (χ2v) is 4.15. The summed E-state index contributed by atoms with van der Waals surface area (Å²) in [5.74, 6) is 0.934. The van der Waals surface area contributed by atoms with Gasteiger partial charge in [-0.15, -0.1) is 0 Å². The molecule has 1 aromatic rings.